The second-order valence-electron chi connectivity index (χ2n) is 7.27. The maximum atomic E-state index is 13.2. The topological polar surface area (TPSA) is 40.6 Å². The summed E-state index contributed by atoms with van der Waals surface area (Å²) in [6.45, 7) is 6.97. The molecule has 0 radical (unpaired) electrons. The molecule has 3 rings (SSSR count). The fourth-order valence-electron chi connectivity index (χ4n) is 3.47. The molecule has 0 spiro atoms. The summed E-state index contributed by atoms with van der Waals surface area (Å²) in [5, 5.41) is 0.978. The largest absolute Gasteiger partial charge is 0.332 e. The average Bonchev–Trinajstić information content (AvgIpc) is 3.10. The lowest BCUT2D eigenvalue weighted by Gasteiger charge is -2.27. The van der Waals surface area contributed by atoms with E-state index in [0.29, 0.717) is 35.1 Å². The Morgan fingerprint density at radius 3 is 2.50 bits per heavy atom. The Balaban J connectivity index is 1.84. The maximum Gasteiger partial charge on any atom is 0.254 e. The van der Waals surface area contributed by atoms with Gasteiger partial charge in [-0.25, -0.2) is 0 Å². The normalized spacial score (nSPS) is 13.0. The molecule has 0 N–H and O–H groups in total. The van der Waals surface area contributed by atoms with Crippen LogP contribution in [0, 0.1) is 0 Å². The number of anilines is 1. The van der Waals surface area contributed by atoms with E-state index >= 15 is 0 Å². The number of amides is 2. The van der Waals surface area contributed by atoms with Crippen molar-refractivity contribution in [3.05, 3.63) is 63.1 Å². The number of fused-ring (bicyclic) bond motifs is 1. The zero-order valence-electron chi connectivity index (χ0n) is 16.3. The number of benzene rings is 2. The van der Waals surface area contributed by atoms with E-state index in [0.717, 1.165) is 23.2 Å². The first-order chi connectivity index (χ1) is 13.3. The zero-order chi connectivity index (χ0) is 20.4. The lowest BCUT2D eigenvalue weighted by Crippen LogP contribution is -2.36. The van der Waals surface area contributed by atoms with E-state index in [4.69, 9.17) is 23.2 Å². The molecular weight excluding hydrogens is 395 g/mol. The first-order valence-electron chi connectivity index (χ1n) is 9.50. The standard InChI is InChI=1S/C22H24Cl2N2O2/c1-4-21(27)25-10-9-16-12-17(6-8-20(16)25)22(28)26(14(2)3)13-15-5-7-18(23)19(24)11-15/h5-8,11-12,14H,4,9-10,13H2,1-3H3. The number of carbonyl (C=O) groups excluding carboxylic acids is 2. The Morgan fingerprint density at radius 1 is 1.11 bits per heavy atom. The summed E-state index contributed by atoms with van der Waals surface area (Å²) in [5.41, 5.74) is 3.53. The molecule has 0 aromatic heterocycles. The van der Waals surface area contributed by atoms with Gasteiger partial charge in [-0.05, 0) is 61.7 Å². The Labute approximate surface area is 176 Å². The third-order valence-corrected chi connectivity index (χ3v) is 5.79. The summed E-state index contributed by atoms with van der Waals surface area (Å²) >= 11 is 12.1. The van der Waals surface area contributed by atoms with Crippen molar-refractivity contribution >= 4 is 40.7 Å². The molecule has 2 aromatic carbocycles. The van der Waals surface area contributed by atoms with Crippen LogP contribution in [-0.2, 0) is 17.8 Å². The first kappa shape index (κ1) is 20.7. The molecule has 1 aliphatic rings. The van der Waals surface area contributed by atoms with Crippen molar-refractivity contribution in [1.29, 1.82) is 0 Å². The maximum absolute atomic E-state index is 13.2. The predicted octanol–water partition coefficient (Wildman–Crippen LogP) is 5.34. The molecule has 2 amide bonds. The molecule has 0 aliphatic carbocycles. The molecular formula is C22H24Cl2N2O2. The van der Waals surface area contributed by atoms with E-state index < -0.39 is 0 Å². The van der Waals surface area contributed by atoms with Gasteiger partial charge in [-0.1, -0.05) is 36.2 Å². The van der Waals surface area contributed by atoms with Crippen LogP contribution in [0.2, 0.25) is 10.0 Å². The minimum atomic E-state index is -0.0378. The van der Waals surface area contributed by atoms with Gasteiger partial charge in [0.05, 0.1) is 10.0 Å². The van der Waals surface area contributed by atoms with Gasteiger partial charge in [-0.2, -0.15) is 0 Å². The van der Waals surface area contributed by atoms with Crippen LogP contribution in [0.4, 0.5) is 5.69 Å². The second-order valence-corrected chi connectivity index (χ2v) is 8.08. The number of hydrogen-bond donors (Lipinski definition) is 0. The van der Waals surface area contributed by atoms with E-state index in [1.807, 2.05) is 49.9 Å². The molecule has 0 saturated heterocycles. The molecule has 1 aliphatic heterocycles. The van der Waals surface area contributed by atoms with Gasteiger partial charge in [-0.15, -0.1) is 0 Å². The quantitative estimate of drug-likeness (QED) is 0.656. The van der Waals surface area contributed by atoms with Crippen molar-refractivity contribution in [2.24, 2.45) is 0 Å². The van der Waals surface area contributed by atoms with Crippen LogP contribution in [0.25, 0.3) is 0 Å². The Hall–Kier alpha value is -2.04. The molecule has 0 atom stereocenters. The fourth-order valence-corrected chi connectivity index (χ4v) is 3.79. The minimum Gasteiger partial charge on any atom is -0.332 e. The van der Waals surface area contributed by atoms with Crippen molar-refractivity contribution in [2.75, 3.05) is 11.4 Å². The van der Waals surface area contributed by atoms with Crippen molar-refractivity contribution in [2.45, 2.75) is 46.2 Å². The average molecular weight is 419 g/mol. The number of rotatable bonds is 5. The fraction of sp³-hybridized carbons (Fsp3) is 0.364. The molecule has 0 saturated carbocycles. The Bertz CT molecular complexity index is 911. The monoisotopic (exact) mass is 418 g/mol. The molecule has 0 unspecified atom stereocenters. The third kappa shape index (κ3) is 4.18. The molecule has 148 valence electrons. The van der Waals surface area contributed by atoms with Gasteiger partial charge in [0.2, 0.25) is 5.91 Å². The van der Waals surface area contributed by atoms with E-state index in [2.05, 4.69) is 0 Å². The van der Waals surface area contributed by atoms with E-state index in [9.17, 15) is 9.59 Å². The molecule has 4 nitrogen and oxygen atoms in total. The van der Waals surface area contributed by atoms with Crippen LogP contribution in [0.5, 0.6) is 0 Å². The highest BCUT2D eigenvalue weighted by atomic mass is 35.5. The first-order valence-corrected chi connectivity index (χ1v) is 10.3. The summed E-state index contributed by atoms with van der Waals surface area (Å²) in [7, 11) is 0. The Morgan fingerprint density at radius 2 is 1.86 bits per heavy atom. The van der Waals surface area contributed by atoms with Crippen molar-refractivity contribution in [3.63, 3.8) is 0 Å². The van der Waals surface area contributed by atoms with Gasteiger partial charge in [-0.3, -0.25) is 9.59 Å². The summed E-state index contributed by atoms with van der Waals surface area (Å²) in [6, 6.07) is 11.1. The summed E-state index contributed by atoms with van der Waals surface area (Å²) < 4.78 is 0. The van der Waals surface area contributed by atoms with E-state index in [1.54, 1.807) is 17.0 Å². The van der Waals surface area contributed by atoms with Gasteiger partial charge in [0.1, 0.15) is 0 Å². The molecule has 28 heavy (non-hydrogen) atoms. The number of hydrogen-bond acceptors (Lipinski definition) is 2. The van der Waals surface area contributed by atoms with Crippen molar-refractivity contribution in [3.8, 4) is 0 Å². The van der Waals surface area contributed by atoms with Crippen molar-refractivity contribution < 1.29 is 9.59 Å². The van der Waals surface area contributed by atoms with Crippen LogP contribution in [0.15, 0.2) is 36.4 Å². The van der Waals surface area contributed by atoms with Gasteiger partial charge in [0.15, 0.2) is 0 Å². The van der Waals surface area contributed by atoms with Crippen molar-refractivity contribution in [1.82, 2.24) is 4.90 Å². The van der Waals surface area contributed by atoms with Crippen LogP contribution >= 0.6 is 23.2 Å². The minimum absolute atomic E-state index is 0.0216. The molecule has 0 fully saturated rings. The molecule has 2 aromatic rings. The van der Waals surface area contributed by atoms with Gasteiger partial charge in [0.25, 0.3) is 5.91 Å². The van der Waals surface area contributed by atoms with E-state index in [1.165, 1.54) is 0 Å². The summed E-state index contributed by atoms with van der Waals surface area (Å²) in [5.74, 6) is 0.0744. The third-order valence-electron chi connectivity index (χ3n) is 5.05. The highest BCUT2D eigenvalue weighted by molar-refractivity contribution is 6.42. The van der Waals surface area contributed by atoms with Crippen LogP contribution in [-0.4, -0.2) is 29.3 Å². The summed E-state index contributed by atoms with van der Waals surface area (Å²) in [6.07, 6.45) is 1.25. The predicted molar refractivity (Wildman–Crippen MR) is 114 cm³/mol. The van der Waals surface area contributed by atoms with E-state index in [-0.39, 0.29) is 17.9 Å². The zero-order valence-corrected chi connectivity index (χ0v) is 17.8. The lowest BCUT2D eigenvalue weighted by molar-refractivity contribution is -0.118. The van der Waals surface area contributed by atoms with Crippen LogP contribution in [0.3, 0.4) is 0 Å². The number of carbonyl (C=O) groups is 2. The van der Waals surface area contributed by atoms with Gasteiger partial charge < -0.3 is 9.80 Å². The Kier molecular flexibility index (Phi) is 6.31. The van der Waals surface area contributed by atoms with Gasteiger partial charge in [0, 0.05) is 36.8 Å². The number of halogens is 2. The smallest absolute Gasteiger partial charge is 0.254 e. The highest BCUT2D eigenvalue weighted by Gasteiger charge is 2.26. The van der Waals surface area contributed by atoms with Crippen LogP contribution < -0.4 is 4.90 Å². The summed E-state index contributed by atoms with van der Waals surface area (Å²) in [4.78, 5) is 28.9. The molecule has 1 heterocycles. The lowest BCUT2D eigenvalue weighted by atomic mass is 10.1. The number of nitrogens with zero attached hydrogens (tertiary/aromatic N) is 2. The molecule has 6 heteroatoms. The van der Waals surface area contributed by atoms with Crippen LogP contribution in [0.1, 0.15) is 48.7 Å². The SMILES string of the molecule is CCC(=O)N1CCc2cc(C(=O)N(Cc3ccc(Cl)c(Cl)c3)C(C)C)ccc21. The highest BCUT2D eigenvalue weighted by Crippen LogP contribution is 2.30. The second kappa shape index (κ2) is 8.54. The van der Waals surface area contributed by atoms with Gasteiger partial charge >= 0.3 is 0 Å². The molecule has 0 bridgehead atoms.